The maximum atomic E-state index is 11.8. The number of nitrogens with zero attached hydrogens (tertiary/aromatic N) is 4. The fourth-order valence-electron chi connectivity index (χ4n) is 3.32. The predicted octanol–water partition coefficient (Wildman–Crippen LogP) is 1.77. The fraction of sp³-hybridized carbons (Fsp3) is 0.562. The van der Waals surface area contributed by atoms with Crippen LogP contribution in [0.15, 0.2) is 33.8 Å². The highest BCUT2D eigenvalue weighted by Gasteiger charge is 2.32. The third-order valence-electron chi connectivity index (χ3n) is 4.67. The minimum Gasteiger partial charge on any atom is -0.361 e. The Labute approximate surface area is 128 Å². The van der Waals surface area contributed by atoms with Crippen LogP contribution in [0, 0.1) is 0 Å². The Kier molecular flexibility index (Phi) is 3.54. The van der Waals surface area contributed by atoms with Gasteiger partial charge in [-0.2, -0.15) is 5.10 Å². The summed E-state index contributed by atoms with van der Waals surface area (Å²) in [6, 6.07) is 3.61. The van der Waals surface area contributed by atoms with Gasteiger partial charge in [0.15, 0.2) is 0 Å². The molecule has 1 atom stereocenters. The van der Waals surface area contributed by atoms with Gasteiger partial charge in [0.05, 0.1) is 12.7 Å². The summed E-state index contributed by atoms with van der Waals surface area (Å²) in [5.74, 6) is 1.65. The summed E-state index contributed by atoms with van der Waals surface area (Å²) in [6.07, 6.45) is 8.23. The smallest absolute Gasteiger partial charge is 0.266 e. The lowest BCUT2D eigenvalue weighted by Crippen LogP contribution is -2.36. The first-order valence-electron chi connectivity index (χ1n) is 8.01. The molecule has 1 saturated heterocycles. The van der Waals surface area contributed by atoms with Crippen LogP contribution in [0.5, 0.6) is 0 Å². The minimum absolute atomic E-state index is 0.0296. The van der Waals surface area contributed by atoms with Gasteiger partial charge in [0.2, 0.25) is 0 Å². The standard InChI is InChI=1S/C16H20N4O2/c21-15-4-1-7-17-20(15)11-14-3-2-8-19(14)10-13-9-18-22-16(13)12-5-6-12/h1,4,7,9,12,14H,2-3,5-6,8,10-11H2. The molecule has 0 bridgehead atoms. The Hall–Kier alpha value is -1.95. The molecule has 2 fully saturated rings. The van der Waals surface area contributed by atoms with Crippen molar-refractivity contribution < 1.29 is 4.52 Å². The number of likely N-dealkylation sites (tertiary alicyclic amines) is 1. The van der Waals surface area contributed by atoms with E-state index in [4.69, 9.17) is 4.52 Å². The molecule has 2 aromatic heterocycles. The largest absolute Gasteiger partial charge is 0.361 e. The topological polar surface area (TPSA) is 64.2 Å². The van der Waals surface area contributed by atoms with Crippen molar-refractivity contribution in [2.45, 2.75) is 50.7 Å². The first-order chi connectivity index (χ1) is 10.8. The van der Waals surface area contributed by atoms with Crippen LogP contribution in [-0.2, 0) is 13.1 Å². The lowest BCUT2D eigenvalue weighted by atomic mass is 10.1. The molecule has 22 heavy (non-hydrogen) atoms. The minimum atomic E-state index is -0.0296. The average molecular weight is 300 g/mol. The van der Waals surface area contributed by atoms with E-state index in [1.165, 1.54) is 18.4 Å². The van der Waals surface area contributed by atoms with Crippen molar-refractivity contribution in [2.24, 2.45) is 0 Å². The van der Waals surface area contributed by atoms with E-state index in [0.717, 1.165) is 31.7 Å². The maximum absolute atomic E-state index is 11.8. The predicted molar refractivity (Wildman–Crippen MR) is 80.4 cm³/mol. The van der Waals surface area contributed by atoms with E-state index in [-0.39, 0.29) is 5.56 Å². The fourth-order valence-corrected chi connectivity index (χ4v) is 3.32. The summed E-state index contributed by atoms with van der Waals surface area (Å²) in [4.78, 5) is 14.3. The molecule has 1 unspecified atom stereocenters. The van der Waals surface area contributed by atoms with Crippen molar-refractivity contribution in [1.29, 1.82) is 0 Å². The van der Waals surface area contributed by atoms with Crippen LogP contribution < -0.4 is 5.56 Å². The number of aromatic nitrogens is 3. The third kappa shape index (κ3) is 2.70. The Morgan fingerprint density at radius 2 is 2.23 bits per heavy atom. The molecule has 116 valence electrons. The van der Waals surface area contributed by atoms with Gasteiger partial charge >= 0.3 is 0 Å². The second kappa shape index (κ2) is 5.68. The van der Waals surface area contributed by atoms with E-state index in [0.29, 0.717) is 18.5 Å². The highest BCUT2D eigenvalue weighted by Crippen LogP contribution is 2.42. The van der Waals surface area contributed by atoms with Gasteiger partial charge < -0.3 is 4.52 Å². The van der Waals surface area contributed by atoms with Crippen molar-refractivity contribution in [3.63, 3.8) is 0 Å². The van der Waals surface area contributed by atoms with E-state index < -0.39 is 0 Å². The Bertz CT molecular complexity index is 704. The van der Waals surface area contributed by atoms with Crippen molar-refractivity contribution in [3.8, 4) is 0 Å². The molecule has 2 aliphatic rings. The third-order valence-corrected chi connectivity index (χ3v) is 4.67. The highest BCUT2D eigenvalue weighted by molar-refractivity contribution is 5.21. The van der Waals surface area contributed by atoms with E-state index >= 15 is 0 Å². The molecule has 0 amide bonds. The van der Waals surface area contributed by atoms with Crippen molar-refractivity contribution in [3.05, 3.63) is 46.2 Å². The lowest BCUT2D eigenvalue weighted by molar-refractivity contribution is 0.215. The Balaban J connectivity index is 1.48. The van der Waals surface area contributed by atoms with E-state index in [9.17, 15) is 4.79 Å². The van der Waals surface area contributed by atoms with Gasteiger partial charge in [0.25, 0.3) is 5.56 Å². The first kappa shape index (κ1) is 13.7. The summed E-state index contributed by atoms with van der Waals surface area (Å²) in [6.45, 7) is 2.58. The molecule has 6 heteroatoms. The zero-order valence-electron chi connectivity index (χ0n) is 12.5. The molecule has 0 N–H and O–H groups in total. The number of hydrogen-bond donors (Lipinski definition) is 0. The molecule has 0 aromatic carbocycles. The van der Waals surface area contributed by atoms with Crippen molar-refractivity contribution in [1.82, 2.24) is 19.8 Å². The number of hydrogen-bond acceptors (Lipinski definition) is 5. The Morgan fingerprint density at radius 1 is 1.32 bits per heavy atom. The molecule has 1 aliphatic carbocycles. The summed E-state index contributed by atoms with van der Waals surface area (Å²) >= 11 is 0. The van der Waals surface area contributed by atoms with Crippen LogP contribution in [0.25, 0.3) is 0 Å². The van der Waals surface area contributed by atoms with Crippen LogP contribution in [0.3, 0.4) is 0 Å². The zero-order chi connectivity index (χ0) is 14.9. The Morgan fingerprint density at radius 3 is 3.05 bits per heavy atom. The van der Waals surface area contributed by atoms with Gasteiger partial charge in [0.1, 0.15) is 5.76 Å². The highest BCUT2D eigenvalue weighted by atomic mass is 16.5. The molecule has 1 aliphatic heterocycles. The lowest BCUT2D eigenvalue weighted by Gasteiger charge is -2.24. The molecular formula is C16H20N4O2. The monoisotopic (exact) mass is 300 g/mol. The van der Waals surface area contributed by atoms with Crippen LogP contribution in [0.1, 0.15) is 42.9 Å². The van der Waals surface area contributed by atoms with Gasteiger partial charge in [-0.25, -0.2) is 4.68 Å². The summed E-state index contributed by atoms with van der Waals surface area (Å²) in [5.41, 5.74) is 1.18. The average Bonchev–Trinajstić information content (AvgIpc) is 3.11. The molecule has 4 rings (SSSR count). The molecule has 2 aromatic rings. The second-order valence-corrected chi connectivity index (χ2v) is 6.30. The summed E-state index contributed by atoms with van der Waals surface area (Å²) < 4.78 is 7.00. The zero-order valence-corrected chi connectivity index (χ0v) is 12.5. The normalized spacial score (nSPS) is 22.3. The van der Waals surface area contributed by atoms with Crippen LogP contribution in [-0.4, -0.2) is 32.4 Å². The molecule has 6 nitrogen and oxygen atoms in total. The van der Waals surface area contributed by atoms with Gasteiger partial charge in [-0.3, -0.25) is 9.69 Å². The van der Waals surface area contributed by atoms with E-state index in [1.54, 1.807) is 23.0 Å². The summed E-state index contributed by atoms with van der Waals surface area (Å²) in [7, 11) is 0. The molecule has 1 saturated carbocycles. The van der Waals surface area contributed by atoms with Crippen molar-refractivity contribution >= 4 is 0 Å². The van der Waals surface area contributed by atoms with Gasteiger partial charge in [0, 0.05) is 36.3 Å². The van der Waals surface area contributed by atoms with Crippen molar-refractivity contribution in [2.75, 3.05) is 6.54 Å². The number of rotatable bonds is 5. The second-order valence-electron chi connectivity index (χ2n) is 6.30. The quantitative estimate of drug-likeness (QED) is 0.842. The van der Waals surface area contributed by atoms with Gasteiger partial charge in [-0.1, -0.05) is 5.16 Å². The van der Waals surface area contributed by atoms with Gasteiger partial charge in [-0.15, -0.1) is 0 Å². The van der Waals surface area contributed by atoms with Crippen LogP contribution >= 0.6 is 0 Å². The molecular weight excluding hydrogens is 280 g/mol. The van der Waals surface area contributed by atoms with Crippen LogP contribution in [0.4, 0.5) is 0 Å². The molecule has 0 spiro atoms. The molecule has 3 heterocycles. The van der Waals surface area contributed by atoms with Gasteiger partial charge in [-0.05, 0) is 38.3 Å². The van der Waals surface area contributed by atoms with Crippen LogP contribution in [0.2, 0.25) is 0 Å². The SMILES string of the molecule is O=c1cccnn1CC1CCCN1Cc1cnoc1C1CC1. The maximum Gasteiger partial charge on any atom is 0.266 e. The summed E-state index contributed by atoms with van der Waals surface area (Å²) in [5, 5.41) is 8.16. The first-order valence-corrected chi connectivity index (χ1v) is 8.01. The van der Waals surface area contributed by atoms with E-state index in [2.05, 4.69) is 15.2 Å². The molecule has 0 radical (unpaired) electrons. The van der Waals surface area contributed by atoms with E-state index in [1.807, 2.05) is 6.20 Å².